The quantitative estimate of drug-likeness (QED) is 0.664. The number of hydrogen-bond acceptors (Lipinski definition) is 2. The molecule has 0 aromatic heterocycles. The average molecular weight is 165 g/mol. The molecule has 1 radical (unpaired) electrons. The van der Waals surface area contributed by atoms with E-state index in [9.17, 15) is 4.79 Å². The zero-order valence-corrected chi connectivity index (χ0v) is 7.14. The molecule has 1 aromatic rings. The van der Waals surface area contributed by atoms with Crippen molar-refractivity contribution in [3.05, 3.63) is 35.4 Å². The molecule has 1 nitrogen and oxygen atoms in total. The van der Waals surface area contributed by atoms with Crippen molar-refractivity contribution in [1.29, 1.82) is 0 Å². The Hall–Kier alpha value is -0.760. The molecule has 1 unspecified atom stereocenters. The third-order valence-electron chi connectivity index (χ3n) is 1.51. The van der Waals surface area contributed by atoms with Gasteiger partial charge in [-0.15, -0.1) is 0 Å². The first-order chi connectivity index (χ1) is 5.24. The highest BCUT2D eigenvalue weighted by Gasteiger charge is 1.98. The van der Waals surface area contributed by atoms with Gasteiger partial charge in [0.05, 0.1) is 0 Å². The molecular formula is C9H9OS. The Bertz CT molecular complexity index is 238. The monoisotopic (exact) mass is 165 g/mol. The molecule has 0 aliphatic heterocycles. The fraction of sp³-hybridized carbons (Fsp3) is 0.222. The van der Waals surface area contributed by atoms with E-state index in [-0.39, 0.29) is 5.25 Å². The fourth-order valence-corrected chi connectivity index (χ4v) is 1.00. The van der Waals surface area contributed by atoms with Crippen molar-refractivity contribution in [2.45, 2.75) is 12.2 Å². The Labute approximate surface area is 71.8 Å². The van der Waals surface area contributed by atoms with Crippen LogP contribution in [0.1, 0.15) is 23.3 Å². The molecule has 0 N–H and O–H groups in total. The van der Waals surface area contributed by atoms with Crippen molar-refractivity contribution in [2.24, 2.45) is 0 Å². The highest BCUT2D eigenvalue weighted by molar-refractivity contribution is 7.80. The summed E-state index contributed by atoms with van der Waals surface area (Å²) in [6, 6.07) is 7.26. The largest absolute Gasteiger partial charge is 0.285 e. The first-order valence-corrected chi connectivity index (χ1v) is 3.92. The van der Waals surface area contributed by atoms with Gasteiger partial charge < -0.3 is 0 Å². The predicted octanol–water partition coefficient (Wildman–Crippen LogP) is 2.14. The molecule has 0 bridgehead atoms. The summed E-state index contributed by atoms with van der Waals surface area (Å²) in [6.07, 6.45) is 1.82. The number of rotatable bonds is 2. The van der Waals surface area contributed by atoms with Crippen molar-refractivity contribution in [3.8, 4) is 0 Å². The van der Waals surface area contributed by atoms with Gasteiger partial charge in [-0.2, -0.15) is 12.6 Å². The zero-order valence-electron chi connectivity index (χ0n) is 6.24. The van der Waals surface area contributed by atoms with Crippen LogP contribution in [0.3, 0.4) is 0 Å². The Morgan fingerprint density at radius 3 is 2.27 bits per heavy atom. The lowest BCUT2D eigenvalue weighted by Gasteiger charge is -2.02. The molecule has 0 saturated carbocycles. The van der Waals surface area contributed by atoms with Gasteiger partial charge in [-0.25, -0.2) is 0 Å². The summed E-state index contributed by atoms with van der Waals surface area (Å²) >= 11 is 4.25. The first kappa shape index (κ1) is 8.34. The highest BCUT2D eigenvalue weighted by atomic mass is 32.1. The number of carbonyl (C=O) groups excluding carboxylic acids is 1. The molecule has 0 aliphatic carbocycles. The van der Waals surface area contributed by atoms with Crippen LogP contribution in [0.4, 0.5) is 0 Å². The predicted molar refractivity (Wildman–Crippen MR) is 48.6 cm³/mol. The van der Waals surface area contributed by atoms with E-state index in [1.54, 1.807) is 12.1 Å². The zero-order chi connectivity index (χ0) is 8.27. The minimum Gasteiger partial charge on any atom is -0.285 e. The van der Waals surface area contributed by atoms with E-state index in [4.69, 9.17) is 0 Å². The van der Waals surface area contributed by atoms with Crippen LogP contribution in [-0.2, 0) is 4.79 Å². The van der Waals surface area contributed by atoms with Gasteiger partial charge in [0.15, 0.2) is 0 Å². The highest BCUT2D eigenvalue weighted by Crippen LogP contribution is 2.18. The Balaban J connectivity index is 2.91. The maximum absolute atomic E-state index is 10.1. The Kier molecular flexibility index (Phi) is 2.71. The van der Waals surface area contributed by atoms with Crippen molar-refractivity contribution < 1.29 is 4.79 Å². The summed E-state index contributed by atoms with van der Waals surface area (Å²) in [5, 5.41) is 0.218. The van der Waals surface area contributed by atoms with Gasteiger partial charge in [0, 0.05) is 10.8 Å². The molecule has 0 spiro atoms. The normalized spacial score (nSPS) is 12.5. The van der Waals surface area contributed by atoms with Gasteiger partial charge in [-0.05, 0) is 12.5 Å². The van der Waals surface area contributed by atoms with Crippen molar-refractivity contribution in [2.75, 3.05) is 0 Å². The van der Waals surface area contributed by atoms with Crippen LogP contribution in [0.15, 0.2) is 24.3 Å². The molecule has 1 rings (SSSR count). The fourth-order valence-electron chi connectivity index (χ4n) is 0.830. The first-order valence-electron chi connectivity index (χ1n) is 3.40. The molecule has 0 fully saturated rings. The van der Waals surface area contributed by atoms with E-state index in [0.717, 1.165) is 5.56 Å². The minimum absolute atomic E-state index is 0.218. The summed E-state index contributed by atoms with van der Waals surface area (Å²) in [7, 11) is 0. The molecule has 11 heavy (non-hydrogen) atoms. The van der Waals surface area contributed by atoms with Gasteiger partial charge in [0.1, 0.15) is 0 Å². The lowest BCUT2D eigenvalue weighted by molar-refractivity contribution is 0.563. The molecule has 2 heteroatoms. The van der Waals surface area contributed by atoms with E-state index in [0.29, 0.717) is 5.56 Å². The van der Waals surface area contributed by atoms with E-state index in [2.05, 4.69) is 12.6 Å². The lowest BCUT2D eigenvalue weighted by Crippen LogP contribution is -1.85. The number of hydrogen-bond donors (Lipinski definition) is 1. The smallest absolute Gasteiger partial charge is 0.233 e. The molecule has 0 aliphatic rings. The van der Waals surface area contributed by atoms with Crippen LogP contribution < -0.4 is 0 Å². The topological polar surface area (TPSA) is 17.1 Å². The van der Waals surface area contributed by atoms with Crippen LogP contribution in [0, 0.1) is 0 Å². The standard InChI is InChI=1S/C9H9OS/c1-7(11)9-4-2-8(6-10)3-5-9/h2-5,7,11H,1H3. The van der Waals surface area contributed by atoms with E-state index in [1.165, 1.54) is 0 Å². The Morgan fingerprint density at radius 2 is 1.91 bits per heavy atom. The van der Waals surface area contributed by atoms with Gasteiger partial charge in [-0.1, -0.05) is 24.3 Å². The molecule has 1 atom stereocenters. The minimum atomic E-state index is 0.218. The maximum atomic E-state index is 10.1. The molecule has 57 valence electrons. The van der Waals surface area contributed by atoms with Crippen LogP contribution in [-0.4, -0.2) is 6.29 Å². The average Bonchev–Trinajstić information content (AvgIpc) is 2.05. The third-order valence-corrected chi connectivity index (χ3v) is 1.81. The van der Waals surface area contributed by atoms with Crippen LogP contribution in [0.25, 0.3) is 0 Å². The van der Waals surface area contributed by atoms with E-state index in [1.807, 2.05) is 25.3 Å². The number of thiol groups is 1. The Morgan fingerprint density at radius 1 is 1.36 bits per heavy atom. The lowest BCUT2D eigenvalue weighted by atomic mass is 10.1. The van der Waals surface area contributed by atoms with Crippen molar-refractivity contribution in [1.82, 2.24) is 0 Å². The van der Waals surface area contributed by atoms with Crippen LogP contribution in [0.5, 0.6) is 0 Å². The molecule has 0 amide bonds. The van der Waals surface area contributed by atoms with Crippen LogP contribution in [0.2, 0.25) is 0 Å². The summed E-state index contributed by atoms with van der Waals surface area (Å²) in [5.41, 5.74) is 1.70. The molecular weight excluding hydrogens is 156 g/mol. The third kappa shape index (κ3) is 2.09. The van der Waals surface area contributed by atoms with Gasteiger partial charge in [0.2, 0.25) is 6.29 Å². The summed E-state index contributed by atoms with van der Waals surface area (Å²) in [6.45, 7) is 1.99. The second-order valence-corrected chi connectivity index (χ2v) is 3.17. The second-order valence-electron chi connectivity index (χ2n) is 2.40. The van der Waals surface area contributed by atoms with Crippen molar-refractivity contribution in [3.63, 3.8) is 0 Å². The van der Waals surface area contributed by atoms with E-state index >= 15 is 0 Å². The number of benzene rings is 1. The second kappa shape index (κ2) is 3.58. The maximum Gasteiger partial charge on any atom is 0.233 e. The van der Waals surface area contributed by atoms with Crippen LogP contribution >= 0.6 is 12.6 Å². The van der Waals surface area contributed by atoms with E-state index < -0.39 is 0 Å². The van der Waals surface area contributed by atoms with Crippen molar-refractivity contribution >= 4 is 18.9 Å². The van der Waals surface area contributed by atoms with Gasteiger partial charge in [0.25, 0.3) is 0 Å². The molecule has 1 aromatic carbocycles. The molecule has 0 saturated heterocycles. The van der Waals surface area contributed by atoms with Gasteiger partial charge in [-0.3, -0.25) is 4.79 Å². The van der Waals surface area contributed by atoms with Gasteiger partial charge >= 0.3 is 0 Å². The summed E-state index contributed by atoms with van der Waals surface area (Å²) in [5.74, 6) is 0. The summed E-state index contributed by atoms with van der Waals surface area (Å²) in [4.78, 5) is 10.1. The SMILES string of the molecule is CC(S)c1ccc([C]=O)cc1. The summed E-state index contributed by atoms with van der Waals surface area (Å²) < 4.78 is 0. The molecule has 0 heterocycles.